The summed E-state index contributed by atoms with van der Waals surface area (Å²) in [5.41, 5.74) is 5.21. The molecule has 2 fully saturated rings. The normalized spacial score (nSPS) is 18.0. The molecule has 0 spiro atoms. The Morgan fingerprint density at radius 2 is 1.92 bits per heavy atom. The molecule has 1 atom stereocenters. The monoisotopic (exact) mass is 542 g/mol. The fourth-order valence-corrected chi connectivity index (χ4v) is 5.17. The van der Waals surface area contributed by atoms with Gasteiger partial charge < -0.3 is 19.9 Å². The molecule has 0 unspecified atom stereocenters. The average molecular weight is 543 g/mol. The fraction of sp³-hybridized carbons (Fsp3) is 0.464. The van der Waals surface area contributed by atoms with Crippen LogP contribution in [0.15, 0.2) is 42.7 Å². The van der Waals surface area contributed by atoms with Gasteiger partial charge in [0.05, 0.1) is 25.1 Å². The zero-order valence-corrected chi connectivity index (χ0v) is 22.2. The third-order valence-corrected chi connectivity index (χ3v) is 7.29. The number of hydrogen-bond donors (Lipinski definition) is 1. The van der Waals surface area contributed by atoms with Crippen molar-refractivity contribution >= 4 is 17.5 Å². The van der Waals surface area contributed by atoms with Gasteiger partial charge in [0, 0.05) is 56.6 Å². The number of pyridine rings is 1. The van der Waals surface area contributed by atoms with Crippen molar-refractivity contribution in [2.45, 2.75) is 39.4 Å². The third kappa shape index (κ3) is 6.52. The molecule has 2 saturated heterocycles. The predicted octanol–water partition coefficient (Wildman–Crippen LogP) is 5.58. The number of aryl methyl sites for hydroxylation is 2. The number of amides is 2. The molecule has 2 amide bonds. The number of morpholine rings is 1. The Morgan fingerprint density at radius 3 is 2.64 bits per heavy atom. The van der Waals surface area contributed by atoms with E-state index in [9.17, 15) is 18.0 Å². The lowest BCUT2D eigenvalue weighted by molar-refractivity contribution is -0.143. The summed E-state index contributed by atoms with van der Waals surface area (Å²) in [5, 5.41) is 7.30. The first-order valence-electron chi connectivity index (χ1n) is 13.3. The van der Waals surface area contributed by atoms with Crippen LogP contribution in [0.3, 0.4) is 0 Å². The van der Waals surface area contributed by atoms with E-state index in [4.69, 9.17) is 9.72 Å². The molecule has 2 aliphatic heterocycles. The summed E-state index contributed by atoms with van der Waals surface area (Å²) in [6.07, 6.45) is -0.948. The van der Waals surface area contributed by atoms with Gasteiger partial charge in [-0.15, -0.1) is 0 Å². The highest BCUT2D eigenvalue weighted by Crippen LogP contribution is 2.34. The number of nitrogens with one attached hydrogen (secondary N) is 1. The van der Waals surface area contributed by atoms with Crippen LogP contribution in [0.5, 0.6) is 0 Å². The van der Waals surface area contributed by atoms with Gasteiger partial charge in [-0.2, -0.15) is 18.3 Å². The van der Waals surface area contributed by atoms with Crippen molar-refractivity contribution < 1.29 is 22.7 Å². The minimum atomic E-state index is -4.22. The molecule has 0 bridgehead atoms. The molecule has 11 heteroatoms. The van der Waals surface area contributed by atoms with E-state index in [0.717, 1.165) is 53.4 Å². The zero-order valence-electron chi connectivity index (χ0n) is 22.2. The number of alkyl halides is 3. The standard InChI is InChI=1S/C28H33F3N6O2/c1-3-37-18-22(16-32-37)25-12-21(13-26(34-25)35-8-10-39-11-9-35)24-14-23(5-4-19(24)2)33-27(38)36-7-6-20(17-36)15-28(29,30)31/h4-5,12-14,16,18,20H,3,6-11,15,17H2,1-2H3,(H,33,38)/t20-/m0/s1. The summed E-state index contributed by atoms with van der Waals surface area (Å²) in [6.45, 7) is 7.96. The highest BCUT2D eigenvalue weighted by atomic mass is 19.4. The minimum Gasteiger partial charge on any atom is -0.378 e. The van der Waals surface area contributed by atoms with Crippen LogP contribution in [-0.4, -0.2) is 71.3 Å². The number of benzene rings is 1. The molecule has 8 nitrogen and oxygen atoms in total. The van der Waals surface area contributed by atoms with E-state index in [2.05, 4.69) is 21.4 Å². The molecule has 39 heavy (non-hydrogen) atoms. The van der Waals surface area contributed by atoms with E-state index >= 15 is 0 Å². The van der Waals surface area contributed by atoms with Crippen LogP contribution < -0.4 is 10.2 Å². The van der Waals surface area contributed by atoms with Crippen LogP contribution in [0.4, 0.5) is 29.5 Å². The molecular weight excluding hydrogens is 509 g/mol. The summed E-state index contributed by atoms with van der Waals surface area (Å²) in [7, 11) is 0. The molecule has 4 heterocycles. The van der Waals surface area contributed by atoms with Gasteiger partial charge in [-0.3, -0.25) is 4.68 Å². The van der Waals surface area contributed by atoms with Gasteiger partial charge in [0.15, 0.2) is 0 Å². The maximum atomic E-state index is 12.9. The minimum absolute atomic E-state index is 0.103. The molecule has 208 valence electrons. The molecule has 1 N–H and O–H groups in total. The molecule has 2 aliphatic rings. The number of carbonyl (C=O) groups excluding carboxylic acids is 1. The molecule has 0 saturated carbocycles. The quantitative estimate of drug-likeness (QED) is 0.440. The summed E-state index contributed by atoms with van der Waals surface area (Å²) >= 11 is 0. The van der Waals surface area contributed by atoms with E-state index in [1.807, 2.05) is 55.2 Å². The van der Waals surface area contributed by atoms with Crippen LogP contribution in [0, 0.1) is 12.8 Å². The van der Waals surface area contributed by atoms with Gasteiger partial charge in [-0.25, -0.2) is 9.78 Å². The first kappa shape index (κ1) is 27.0. The van der Waals surface area contributed by atoms with Gasteiger partial charge in [-0.1, -0.05) is 6.07 Å². The fourth-order valence-electron chi connectivity index (χ4n) is 5.17. The van der Waals surface area contributed by atoms with Crippen molar-refractivity contribution in [3.63, 3.8) is 0 Å². The van der Waals surface area contributed by atoms with Crippen LogP contribution in [0.25, 0.3) is 22.4 Å². The number of nitrogens with zero attached hydrogens (tertiary/aromatic N) is 5. The third-order valence-electron chi connectivity index (χ3n) is 7.29. The Labute approximate surface area is 225 Å². The number of rotatable bonds is 6. The Morgan fingerprint density at radius 1 is 1.13 bits per heavy atom. The number of halogens is 3. The number of carbonyl (C=O) groups is 1. The van der Waals surface area contributed by atoms with Crippen LogP contribution >= 0.6 is 0 Å². The molecule has 3 aromatic rings. The topological polar surface area (TPSA) is 75.5 Å². The number of aromatic nitrogens is 3. The zero-order chi connectivity index (χ0) is 27.6. The number of hydrogen-bond acceptors (Lipinski definition) is 5. The second-order valence-corrected chi connectivity index (χ2v) is 10.2. The highest BCUT2D eigenvalue weighted by Gasteiger charge is 2.36. The second kappa shape index (κ2) is 11.3. The molecular formula is C28H33F3N6O2. The van der Waals surface area contributed by atoms with Gasteiger partial charge in [0.25, 0.3) is 0 Å². The van der Waals surface area contributed by atoms with Gasteiger partial charge >= 0.3 is 12.2 Å². The van der Waals surface area contributed by atoms with Crippen molar-refractivity contribution in [2.75, 3.05) is 49.6 Å². The molecule has 1 aromatic carbocycles. The van der Waals surface area contributed by atoms with E-state index in [1.54, 1.807) is 0 Å². The van der Waals surface area contributed by atoms with E-state index in [-0.39, 0.29) is 12.6 Å². The number of likely N-dealkylation sites (tertiary alicyclic amines) is 1. The molecule has 0 radical (unpaired) electrons. The average Bonchev–Trinajstić information content (AvgIpc) is 3.59. The van der Waals surface area contributed by atoms with Crippen LogP contribution in [-0.2, 0) is 11.3 Å². The number of anilines is 2. The number of ether oxygens (including phenoxy) is 1. The van der Waals surface area contributed by atoms with Crippen molar-refractivity contribution in [3.8, 4) is 22.4 Å². The lowest BCUT2D eigenvalue weighted by Gasteiger charge is -2.28. The summed E-state index contributed by atoms with van der Waals surface area (Å²) < 4.78 is 45.8. The summed E-state index contributed by atoms with van der Waals surface area (Å²) in [6, 6.07) is 9.35. The smallest absolute Gasteiger partial charge is 0.378 e. The van der Waals surface area contributed by atoms with Crippen molar-refractivity contribution in [2.24, 2.45) is 5.92 Å². The second-order valence-electron chi connectivity index (χ2n) is 10.2. The summed E-state index contributed by atoms with van der Waals surface area (Å²) in [4.78, 5) is 21.5. The molecule has 2 aromatic heterocycles. The lowest BCUT2D eigenvalue weighted by atomic mass is 9.98. The molecule has 5 rings (SSSR count). The maximum Gasteiger partial charge on any atom is 0.389 e. The Hall–Kier alpha value is -3.60. The van der Waals surface area contributed by atoms with E-state index < -0.39 is 18.5 Å². The van der Waals surface area contributed by atoms with Gasteiger partial charge in [0.2, 0.25) is 0 Å². The van der Waals surface area contributed by atoms with E-state index in [0.29, 0.717) is 31.9 Å². The van der Waals surface area contributed by atoms with Crippen LogP contribution in [0.1, 0.15) is 25.3 Å². The van der Waals surface area contributed by atoms with E-state index in [1.165, 1.54) is 4.90 Å². The Kier molecular flexibility index (Phi) is 7.79. The predicted molar refractivity (Wildman–Crippen MR) is 144 cm³/mol. The Bertz CT molecular complexity index is 1320. The highest BCUT2D eigenvalue weighted by molar-refractivity contribution is 5.91. The number of urea groups is 1. The maximum absolute atomic E-state index is 12.9. The largest absolute Gasteiger partial charge is 0.389 e. The lowest BCUT2D eigenvalue weighted by Crippen LogP contribution is -2.36. The van der Waals surface area contributed by atoms with Crippen LogP contribution in [0.2, 0.25) is 0 Å². The summed E-state index contributed by atoms with van der Waals surface area (Å²) in [5.74, 6) is 0.284. The molecule has 0 aliphatic carbocycles. The first-order chi connectivity index (χ1) is 18.7. The van der Waals surface area contributed by atoms with Gasteiger partial charge in [0.1, 0.15) is 5.82 Å². The van der Waals surface area contributed by atoms with Gasteiger partial charge in [-0.05, 0) is 67.1 Å². The SMILES string of the molecule is CCn1cc(-c2cc(-c3cc(NC(=O)N4CC[C@@H](CC(F)(F)F)C4)ccc3C)cc(N3CCOCC3)n2)cn1. The van der Waals surface area contributed by atoms with Crippen molar-refractivity contribution in [1.82, 2.24) is 19.7 Å². The first-order valence-corrected chi connectivity index (χ1v) is 13.3. The van der Waals surface area contributed by atoms with Crippen molar-refractivity contribution in [1.29, 1.82) is 0 Å². The Balaban J connectivity index is 1.41. The van der Waals surface area contributed by atoms with Crippen molar-refractivity contribution in [3.05, 3.63) is 48.3 Å².